The molecule has 0 aromatic heterocycles. The molecule has 0 aromatic rings. The van der Waals surface area contributed by atoms with Crippen LogP contribution < -0.4 is 0 Å². The van der Waals surface area contributed by atoms with Gasteiger partial charge in [0, 0.05) is 25.2 Å². The fourth-order valence-corrected chi connectivity index (χ4v) is 9.64. The normalized spacial score (nSPS) is 58.0. The minimum absolute atomic E-state index is 0.276. The molecule has 0 amide bonds. The molecule has 3 nitrogen and oxygen atoms in total. The van der Waals surface area contributed by atoms with Crippen molar-refractivity contribution in [3.8, 4) is 0 Å². The molecular formula is C28H41NO2. The Labute approximate surface area is 189 Å². The third kappa shape index (κ3) is 2.70. The number of hydrogen-bond donors (Lipinski definition) is 0. The van der Waals surface area contributed by atoms with Gasteiger partial charge in [-0.2, -0.15) is 0 Å². The van der Waals surface area contributed by atoms with Gasteiger partial charge in [0.25, 0.3) is 0 Å². The Morgan fingerprint density at radius 2 is 1.90 bits per heavy atom. The van der Waals surface area contributed by atoms with Crippen LogP contribution in [0.4, 0.5) is 0 Å². The van der Waals surface area contributed by atoms with Crippen molar-refractivity contribution in [1.29, 1.82) is 0 Å². The first kappa shape index (κ1) is 20.7. The maximum atomic E-state index is 7.54. The monoisotopic (exact) mass is 423 g/mol. The SMILES string of the molecule is [C-]#[N+][C@@H]1CC[C@]2(C)C3=CC[C@]4(C)C5C(C[C@H]4[C@@H]3CC[C@H]2C1)O[C@]1(CC[C@@H](C)CO1)C5C. The predicted octanol–water partition coefficient (Wildman–Crippen LogP) is 6.64. The van der Waals surface area contributed by atoms with Crippen LogP contribution in [0.3, 0.4) is 0 Å². The van der Waals surface area contributed by atoms with Crippen molar-refractivity contribution in [3.63, 3.8) is 0 Å². The number of allylic oxidation sites excluding steroid dienone is 2. The van der Waals surface area contributed by atoms with E-state index in [1.54, 1.807) is 5.57 Å². The second-order valence-electron chi connectivity index (χ2n) is 12.8. The smallest absolute Gasteiger partial charge is 0.224 e. The molecule has 2 saturated heterocycles. The Kier molecular flexibility index (Phi) is 4.57. The van der Waals surface area contributed by atoms with Crippen LogP contribution in [0.25, 0.3) is 4.85 Å². The fraction of sp³-hybridized carbons (Fsp3) is 0.893. The number of ether oxygens (including phenoxy) is 2. The third-order valence-electron chi connectivity index (χ3n) is 11.4. The van der Waals surface area contributed by atoms with E-state index in [-0.39, 0.29) is 11.8 Å². The van der Waals surface area contributed by atoms with E-state index in [2.05, 4.69) is 38.6 Å². The molecule has 0 radical (unpaired) electrons. The van der Waals surface area contributed by atoms with Gasteiger partial charge >= 0.3 is 0 Å². The maximum absolute atomic E-state index is 7.54. The Morgan fingerprint density at radius 3 is 2.65 bits per heavy atom. The second kappa shape index (κ2) is 6.83. The van der Waals surface area contributed by atoms with Crippen molar-refractivity contribution in [2.75, 3.05) is 6.61 Å². The van der Waals surface area contributed by atoms with Crippen LogP contribution in [0.15, 0.2) is 11.6 Å². The lowest BCUT2D eigenvalue weighted by Gasteiger charge is -2.56. The molecule has 0 bridgehead atoms. The largest absolute Gasteiger partial charge is 0.349 e. The van der Waals surface area contributed by atoms with Gasteiger partial charge in [0.2, 0.25) is 6.04 Å². The summed E-state index contributed by atoms with van der Waals surface area (Å²) in [5, 5.41) is 0. The molecule has 5 fully saturated rings. The highest BCUT2D eigenvalue weighted by atomic mass is 16.7. The Balaban J connectivity index is 1.29. The maximum Gasteiger partial charge on any atom is 0.224 e. The molecule has 6 rings (SSSR count). The van der Waals surface area contributed by atoms with Gasteiger partial charge in [0.1, 0.15) is 0 Å². The Morgan fingerprint density at radius 1 is 1.06 bits per heavy atom. The van der Waals surface area contributed by atoms with Crippen molar-refractivity contribution in [1.82, 2.24) is 0 Å². The third-order valence-corrected chi connectivity index (χ3v) is 11.4. The van der Waals surface area contributed by atoms with E-state index in [4.69, 9.17) is 16.0 Å². The van der Waals surface area contributed by atoms with Crippen LogP contribution in [-0.2, 0) is 9.47 Å². The standard InChI is InChI=1S/C28H41NO2/c1-17-8-13-28(30-16-17)18(2)25-24(31-28)15-23-21-7-6-19-14-20(29-5)9-11-26(19,3)22(21)10-12-27(23,25)4/h10,17-21,23-25H,6-9,11-16H2,1-4H3/t17-,18?,19+,20-,21-,23+,24?,25?,26+,27+,28-/m1/s1. The molecule has 11 atom stereocenters. The average molecular weight is 424 g/mol. The topological polar surface area (TPSA) is 22.8 Å². The van der Waals surface area contributed by atoms with Gasteiger partial charge < -0.3 is 14.3 Å². The fourth-order valence-electron chi connectivity index (χ4n) is 9.64. The summed E-state index contributed by atoms with van der Waals surface area (Å²) < 4.78 is 13.4. The average Bonchev–Trinajstić information content (AvgIpc) is 3.20. The lowest BCUT2D eigenvalue weighted by molar-refractivity contribution is -0.272. The van der Waals surface area contributed by atoms with Crippen LogP contribution in [-0.4, -0.2) is 24.5 Å². The van der Waals surface area contributed by atoms with Crippen molar-refractivity contribution in [2.45, 2.75) is 103 Å². The lowest BCUT2D eigenvalue weighted by Crippen LogP contribution is -2.50. The quantitative estimate of drug-likeness (QED) is 0.322. The highest BCUT2D eigenvalue weighted by Crippen LogP contribution is 2.69. The van der Waals surface area contributed by atoms with Gasteiger partial charge in [-0.3, -0.25) is 0 Å². The van der Waals surface area contributed by atoms with E-state index in [9.17, 15) is 0 Å². The molecule has 6 aliphatic rings. The molecular weight excluding hydrogens is 382 g/mol. The predicted molar refractivity (Wildman–Crippen MR) is 122 cm³/mol. The van der Waals surface area contributed by atoms with Gasteiger partial charge in [0.05, 0.1) is 12.7 Å². The first-order chi connectivity index (χ1) is 14.8. The lowest BCUT2D eigenvalue weighted by atomic mass is 9.48. The number of hydrogen-bond acceptors (Lipinski definition) is 2. The molecule has 0 N–H and O–H groups in total. The van der Waals surface area contributed by atoms with Crippen molar-refractivity contribution in [3.05, 3.63) is 23.1 Å². The molecule has 4 aliphatic carbocycles. The van der Waals surface area contributed by atoms with E-state index in [0.29, 0.717) is 34.7 Å². The summed E-state index contributed by atoms with van der Waals surface area (Å²) in [7, 11) is 0. The highest BCUT2D eigenvalue weighted by Gasteiger charge is 2.68. The van der Waals surface area contributed by atoms with Crippen molar-refractivity contribution in [2.24, 2.45) is 46.3 Å². The van der Waals surface area contributed by atoms with Crippen molar-refractivity contribution < 1.29 is 9.47 Å². The number of nitrogens with zero attached hydrogens (tertiary/aromatic N) is 1. The molecule has 3 unspecified atom stereocenters. The molecule has 3 heteroatoms. The van der Waals surface area contributed by atoms with Gasteiger partial charge in [-0.05, 0) is 78.9 Å². The summed E-state index contributed by atoms with van der Waals surface area (Å²) in [5.74, 6) is 3.73. The zero-order valence-corrected chi connectivity index (χ0v) is 20.0. The second-order valence-corrected chi connectivity index (χ2v) is 12.8. The first-order valence-corrected chi connectivity index (χ1v) is 13.2. The first-order valence-electron chi connectivity index (χ1n) is 13.2. The van der Waals surface area contributed by atoms with Gasteiger partial charge in [-0.1, -0.05) is 39.3 Å². The van der Waals surface area contributed by atoms with Crippen LogP contribution in [0.1, 0.15) is 85.5 Å². The number of fused-ring (bicyclic) bond motifs is 7. The van der Waals surface area contributed by atoms with E-state index in [0.717, 1.165) is 43.6 Å². The van der Waals surface area contributed by atoms with Crippen LogP contribution in [0.2, 0.25) is 0 Å². The molecule has 31 heavy (non-hydrogen) atoms. The van der Waals surface area contributed by atoms with Crippen LogP contribution in [0.5, 0.6) is 0 Å². The minimum atomic E-state index is -0.304. The van der Waals surface area contributed by atoms with Gasteiger partial charge in [-0.15, -0.1) is 0 Å². The Hall–Kier alpha value is -0.850. The molecule has 2 heterocycles. The van der Waals surface area contributed by atoms with Crippen LogP contribution in [0, 0.1) is 52.9 Å². The summed E-state index contributed by atoms with van der Waals surface area (Å²) in [4.78, 5) is 3.93. The summed E-state index contributed by atoms with van der Waals surface area (Å²) in [6.07, 6.45) is 14.0. The summed E-state index contributed by atoms with van der Waals surface area (Å²) in [5.41, 5.74) is 2.49. The minimum Gasteiger partial charge on any atom is -0.349 e. The van der Waals surface area contributed by atoms with Gasteiger partial charge in [-0.25, -0.2) is 6.57 Å². The van der Waals surface area contributed by atoms with E-state index >= 15 is 0 Å². The summed E-state index contributed by atoms with van der Waals surface area (Å²) in [6, 6.07) is 0.276. The molecule has 1 spiro atoms. The molecule has 2 aliphatic heterocycles. The summed E-state index contributed by atoms with van der Waals surface area (Å²) >= 11 is 0. The van der Waals surface area contributed by atoms with E-state index in [1.807, 2.05) is 0 Å². The zero-order valence-electron chi connectivity index (χ0n) is 20.0. The van der Waals surface area contributed by atoms with E-state index in [1.165, 1.54) is 38.5 Å². The molecule has 3 saturated carbocycles. The van der Waals surface area contributed by atoms with E-state index < -0.39 is 0 Å². The zero-order chi connectivity index (χ0) is 21.6. The highest BCUT2D eigenvalue weighted by molar-refractivity contribution is 5.30. The van der Waals surface area contributed by atoms with Gasteiger partial charge in [0.15, 0.2) is 5.79 Å². The van der Waals surface area contributed by atoms with Crippen LogP contribution >= 0.6 is 0 Å². The number of rotatable bonds is 0. The molecule has 170 valence electrons. The molecule has 0 aromatic carbocycles. The van der Waals surface area contributed by atoms with Crippen molar-refractivity contribution >= 4 is 0 Å². The summed E-state index contributed by atoms with van der Waals surface area (Å²) in [6.45, 7) is 18.3. The Bertz CT molecular complexity index is 819.